The van der Waals surface area contributed by atoms with Gasteiger partial charge in [0, 0.05) is 36.9 Å². The lowest BCUT2D eigenvalue weighted by Gasteiger charge is -2.36. The maximum atomic E-state index is 12.7. The highest BCUT2D eigenvalue weighted by Gasteiger charge is 2.36. The van der Waals surface area contributed by atoms with Crippen LogP contribution in [0.15, 0.2) is 48.8 Å². The molecule has 6 nitrogen and oxygen atoms in total. The van der Waals surface area contributed by atoms with Gasteiger partial charge >= 0.3 is 5.97 Å². The van der Waals surface area contributed by atoms with Gasteiger partial charge in [-0.2, -0.15) is 0 Å². The largest absolute Gasteiger partial charge is 0.481 e. The van der Waals surface area contributed by atoms with Gasteiger partial charge in [0.15, 0.2) is 0 Å². The van der Waals surface area contributed by atoms with Crippen LogP contribution in [0.2, 0.25) is 0 Å². The molecular weight excluding hydrogens is 308 g/mol. The van der Waals surface area contributed by atoms with Crippen LogP contribution in [0.25, 0.3) is 5.69 Å². The van der Waals surface area contributed by atoms with Gasteiger partial charge in [-0.05, 0) is 43.2 Å². The predicted molar refractivity (Wildman–Crippen MR) is 88.3 cm³/mol. The number of amides is 1. The van der Waals surface area contributed by atoms with Gasteiger partial charge in [0.25, 0.3) is 5.91 Å². The van der Waals surface area contributed by atoms with E-state index in [1.54, 1.807) is 12.1 Å². The van der Waals surface area contributed by atoms with Gasteiger partial charge in [0.1, 0.15) is 0 Å². The Bertz CT molecular complexity index is 718. The summed E-state index contributed by atoms with van der Waals surface area (Å²) in [5.74, 6) is -1.18. The van der Waals surface area contributed by atoms with E-state index in [0.29, 0.717) is 31.6 Å². The number of carbonyl (C=O) groups is 2. The third-order valence-electron chi connectivity index (χ3n) is 4.33. The summed E-state index contributed by atoms with van der Waals surface area (Å²) in [5.41, 5.74) is 0.648. The summed E-state index contributed by atoms with van der Waals surface area (Å²) in [6, 6.07) is 11.1. The van der Waals surface area contributed by atoms with Crippen LogP contribution >= 0.6 is 0 Å². The first kappa shape index (κ1) is 16.3. The molecule has 1 amide bonds. The van der Waals surface area contributed by atoms with E-state index in [-0.39, 0.29) is 12.3 Å². The summed E-state index contributed by atoms with van der Waals surface area (Å²) in [6.45, 7) is 0.911. The molecule has 3 rings (SSSR count). The van der Waals surface area contributed by atoms with Crippen LogP contribution in [0.5, 0.6) is 0 Å². The average molecular weight is 328 g/mol. The zero-order valence-corrected chi connectivity index (χ0v) is 13.3. The number of hydrogen-bond acceptors (Lipinski definition) is 3. The monoisotopic (exact) mass is 328 g/mol. The van der Waals surface area contributed by atoms with E-state index in [1.165, 1.54) is 0 Å². The second-order valence-corrected chi connectivity index (χ2v) is 6.06. The Morgan fingerprint density at radius 3 is 2.54 bits per heavy atom. The van der Waals surface area contributed by atoms with Crippen molar-refractivity contribution < 1.29 is 19.4 Å². The number of ether oxygens (including phenoxy) is 1. The molecule has 0 spiro atoms. The van der Waals surface area contributed by atoms with E-state index in [9.17, 15) is 14.7 Å². The summed E-state index contributed by atoms with van der Waals surface area (Å²) in [4.78, 5) is 23.9. The van der Waals surface area contributed by atoms with Gasteiger partial charge < -0.3 is 19.7 Å². The molecule has 1 fully saturated rings. The van der Waals surface area contributed by atoms with Crippen molar-refractivity contribution in [1.82, 2.24) is 9.88 Å². The van der Waals surface area contributed by atoms with Crippen molar-refractivity contribution in [1.29, 1.82) is 0 Å². The zero-order chi connectivity index (χ0) is 17.0. The predicted octanol–water partition coefficient (Wildman–Crippen LogP) is 2.23. The van der Waals surface area contributed by atoms with Crippen LogP contribution in [-0.2, 0) is 9.53 Å². The van der Waals surface area contributed by atoms with Crippen molar-refractivity contribution >= 4 is 11.9 Å². The lowest BCUT2D eigenvalue weighted by Crippen LogP contribution is -2.53. The number of carboxylic acid groups (broad SMARTS) is 1. The second-order valence-electron chi connectivity index (χ2n) is 6.06. The van der Waals surface area contributed by atoms with E-state index < -0.39 is 11.5 Å². The molecule has 2 aromatic rings. The molecule has 0 unspecified atom stereocenters. The molecule has 126 valence electrons. The first-order valence-corrected chi connectivity index (χ1v) is 7.93. The van der Waals surface area contributed by atoms with Crippen LogP contribution in [-0.4, -0.2) is 40.3 Å². The maximum Gasteiger partial charge on any atom is 0.305 e. The maximum absolute atomic E-state index is 12.7. The summed E-state index contributed by atoms with van der Waals surface area (Å²) in [7, 11) is 0. The number of rotatable bonds is 5. The van der Waals surface area contributed by atoms with Crippen molar-refractivity contribution in [3.05, 3.63) is 54.4 Å². The van der Waals surface area contributed by atoms with Crippen molar-refractivity contribution in [2.45, 2.75) is 24.8 Å². The smallest absolute Gasteiger partial charge is 0.305 e. The number of benzene rings is 1. The van der Waals surface area contributed by atoms with Crippen molar-refractivity contribution in [2.75, 3.05) is 13.2 Å². The first-order chi connectivity index (χ1) is 11.6. The van der Waals surface area contributed by atoms with Gasteiger partial charge in [-0.25, -0.2) is 0 Å². The van der Waals surface area contributed by atoms with E-state index in [2.05, 4.69) is 5.32 Å². The molecule has 1 aromatic heterocycles. The topological polar surface area (TPSA) is 80.6 Å². The van der Waals surface area contributed by atoms with Gasteiger partial charge in [-0.15, -0.1) is 0 Å². The lowest BCUT2D eigenvalue weighted by atomic mass is 9.86. The van der Waals surface area contributed by atoms with Crippen molar-refractivity contribution in [3.63, 3.8) is 0 Å². The average Bonchev–Trinajstić information content (AvgIpc) is 3.09. The highest BCUT2D eigenvalue weighted by atomic mass is 16.5. The van der Waals surface area contributed by atoms with Gasteiger partial charge in [0.05, 0.1) is 12.0 Å². The highest BCUT2D eigenvalue weighted by molar-refractivity contribution is 5.95. The fourth-order valence-corrected chi connectivity index (χ4v) is 3.02. The highest BCUT2D eigenvalue weighted by Crippen LogP contribution is 2.25. The molecule has 0 radical (unpaired) electrons. The Balaban J connectivity index is 1.80. The number of aliphatic carboxylic acids is 1. The van der Waals surface area contributed by atoms with Crippen LogP contribution in [0.3, 0.4) is 0 Å². The summed E-state index contributed by atoms with van der Waals surface area (Å²) >= 11 is 0. The Morgan fingerprint density at radius 1 is 1.17 bits per heavy atom. The van der Waals surface area contributed by atoms with Gasteiger partial charge in [0.2, 0.25) is 0 Å². The number of hydrogen-bond donors (Lipinski definition) is 2. The molecule has 6 heteroatoms. The van der Waals surface area contributed by atoms with Gasteiger partial charge in [-0.3, -0.25) is 9.59 Å². The quantitative estimate of drug-likeness (QED) is 0.882. The number of nitrogens with zero attached hydrogens (tertiary/aromatic N) is 1. The molecular formula is C18H20N2O4. The molecule has 0 saturated carbocycles. The van der Waals surface area contributed by atoms with E-state index >= 15 is 0 Å². The second kappa shape index (κ2) is 6.88. The zero-order valence-electron chi connectivity index (χ0n) is 13.3. The minimum absolute atomic E-state index is 0.0978. The van der Waals surface area contributed by atoms with E-state index in [0.717, 1.165) is 5.69 Å². The third kappa shape index (κ3) is 3.65. The standard InChI is InChI=1S/C18H20N2O4/c21-16(22)13-18(6-10-24-11-7-18)19-17(23)14-4-3-5-15(12-14)20-8-1-2-9-20/h1-5,8-9,12H,6-7,10-11,13H2,(H,19,23)(H,21,22). The lowest BCUT2D eigenvalue weighted by molar-refractivity contribution is -0.139. The van der Waals surface area contributed by atoms with Crippen LogP contribution in [0.1, 0.15) is 29.6 Å². The summed E-state index contributed by atoms with van der Waals surface area (Å²) in [5, 5.41) is 12.1. The van der Waals surface area contributed by atoms with Crippen molar-refractivity contribution in [2.24, 2.45) is 0 Å². The molecule has 0 bridgehead atoms. The molecule has 24 heavy (non-hydrogen) atoms. The fourth-order valence-electron chi connectivity index (χ4n) is 3.02. The Hall–Kier alpha value is -2.60. The SMILES string of the molecule is O=C(O)CC1(NC(=O)c2cccc(-n3cccc3)c2)CCOCC1. The number of nitrogens with one attached hydrogen (secondary N) is 1. The van der Waals surface area contributed by atoms with E-state index in [4.69, 9.17) is 4.74 Å². The van der Waals surface area contributed by atoms with Crippen LogP contribution in [0.4, 0.5) is 0 Å². The molecule has 0 aliphatic carbocycles. The molecule has 1 saturated heterocycles. The molecule has 1 aliphatic heterocycles. The molecule has 1 aliphatic rings. The van der Waals surface area contributed by atoms with Crippen LogP contribution in [0, 0.1) is 0 Å². The fraction of sp³-hybridized carbons (Fsp3) is 0.333. The Kier molecular flexibility index (Phi) is 4.66. The molecule has 0 atom stereocenters. The van der Waals surface area contributed by atoms with Crippen LogP contribution < -0.4 is 5.32 Å². The number of aromatic nitrogens is 1. The molecule has 2 heterocycles. The van der Waals surface area contributed by atoms with E-state index in [1.807, 2.05) is 41.2 Å². The summed E-state index contributed by atoms with van der Waals surface area (Å²) < 4.78 is 7.23. The Labute approximate surface area is 140 Å². The molecule has 1 aromatic carbocycles. The number of carbonyl (C=O) groups excluding carboxylic acids is 1. The van der Waals surface area contributed by atoms with Crippen molar-refractivity contribution in [3.8, 4) is 5.69 Å². The minimum Gasteiger partial charge on any atom is -0.481 e. The van der Waals surface area contributed by atoms with Gasteiger partial charge in [-0.1, -0.05) is 6.07 Å². The minimum atomic E-state index is -0.918. The Morgan fingerprint density at radius 2 is 1.88 bits per heavy atom. The first-order valence-electron chi connectivity index (χ1n) is 7.93. The normalized spacial score (nSPS) is 16.5. The molecule has 2 N–H and O–H groups in total. The number of carboxylic acids is 1. The third-order valence-corrected chi connectivity index (χ3v) is 4.33. The summed E-state index contributed by atoms with van der Waals surface area (Å²) in [6.07, 6.45) is 4.72.